The van der Waals surface area contributed by atoms with E-state index in [2.05, 4.69) is 122 Å². The standard InChI is InChI=1S/C36H35BrN2O2/c1-24-19-20-27-16-10-11-17-28(27)34(24)35(3,4)25(2)13-12-18-33-36(5,23-26-14-8-7-9-15-26)29-21-32(39(40)41)30(37)22-31(29)38(33)6/h7-22H,2,23H2,1,3-6H3/b13-12+,33-18+. The van der Waals surface area contributed by atoms with E-state index in [1.165, 1.54) is 27.5 Å². The number of allylic oxidation sites excluding steroid dienone is 5. The molecule has 0 aliphatic carbocycles. The maximum Gasteiger partial charge on any atom is 0.283 e. The fraction of sp³-hybridized carbons (Fsp3) is 0.222. The molecule has 5 rings (SSSR count). The van der Waals surface area contributed by atoms with Crippen LogP contribution in [0.4, 0.5) is 11.4 Å². The summed E-state index contributed by atoms with van der Waals surface area (Å²) in [7, 11) is 2.03. The van der Waals surface area contributed by atoms with Crippen LogP contribution in [0.15, 0.2) is 119 Å². The molecular formula is C36H35BrN2O2. The molecule has 0 amide bonds. The number of aryl methyl sites for hydroxylation is 1. The fourth-order valence-electron chi connectivity index (χ4n) is 6.37. The van der Waals surface area contributed by atoms with Crippen LogP contribution in [0.3, 0.4) is 0 Å². The van der Waals surface area contributed by atoms with Crippen molar-refractivity contribution in [2.45, 2.75) is 44.9 Å². The minimum absolute atomic E-state index is 0.0776. The lowest BCUT2D eigenvalue weighted by Gasteiger charge is -2.30. The molecule has 0 saturated carbocycles. The number of benzene rings is 4. The van der Waals surface area contributed by atoms with Crippen LogP contribution >= 0.6 is 15.9 Å². The molecule has 5 heteroatoms. The number of hydrogen-bond acceptors (Lipinski definition) is 3. The van der Waals surface area contributed by atoms with Crippen LogP contribution in [0.1, 0.15) is 43.0 Å². The highest BCUT2D eigenvalue weighted by atomic mass is 79.9. The first kappa shape index (κ1) is 28.6. The van der Waals surface area contributed by atoms with E-state index in [1.54, 1.807) is 6.07 Å². The number of likely N-dealkylation sites (N-methyl/N-ethyl adjacent to an activating group) is 1. The van der Waals surface area contributed by atoms with E-state index in [0.717, 1.165) is 22.5 Å². The lowest BCUT2D eigenvalue weighted by molar-refractivity contribution is -0.385. The van der Waals surface area contributed by atoms with Crippen LogP contribution in [0.2, 0.25) is 0 Å². The van der Waals surface area contributed by atoms with Crippen molar-refractivity contribution in [1.29, 1.82) is 0 Å². The van der Waals surface area contributed by atoms with E-state index >= 15 is 0 Å². The number of hydrogen-bond donors (Lipinski definition) is 0. The van der Waals surface area contributed by atoms with Gasteiger partial charge in [-0.25, -0.2) is 0 Å². The second kappa shape index (κ2) is 10.8. The number of nitro groups is 1. The predicted molar refractivity (Wildman–Crippen MR) is 175 cm³/mol. The molecule has 0 N–H and O–H groups in total. The first-order valence-corrected chi connectivity index (χ1v) is 14.6. The van der Waals surface area contributed by atoms with Crippen LogP contribution < -0.4 is 4.90 Å². The molecule has 1 aliphatic rings. The van der Waals surface area contributed by atoms with Gasteiger partial charge in [0.05, 0.1) is 9.40 Å². The van der Waals surface area contributed by atoms with Gasteiger partial charge in [-0.2, -0.15) is 0 Å². The van der Waals surface area contributed by atoms with E-state index in [-0.39, 0.29) is 16.0 Å². The summed E-state index contributed by atoms with van der Waals surface area (Å²) in [6, 6.07) is 26.8. The summed E-state index contributed by atoms with van der Waals surface area (Å²) in [4.78, 5) is 13.7. The molecule has 4 aromatic carbocycles. The first-order chi connectivity index (χ1) is 19.4. The lowest BCUT2D eigenvalue weighted by atomic mass is 9.74. The Balaban J connectivity index is 1.56. The quantitative estimate of drug-likeness (QED) is 0.119. The van der Waals surface area contributed by atoms with Crippen molar-refractivity contribution in [2.75, 3.05) is 11.9 Å². The maximum atomic E-state index is 11.8. The Bertz CT molecular complexity index is 1740. The largest absolute Gasteiger partial charge is 0.347 e. The summed E-state index contributed by atoms with van der Waals surface area (Å²) in [5.74, 6) is 0. The SMILES string of the molecule is C=C(/C=C/C=C1/N(C)c2cc(Br)c([N+](=O)[O-])cc2C1(C)Cc1ccccc1)C(C)(C)c1c(C)ccc2ccccc12. The number of anilines is 1. The summed E-state index contributed by atoms with van der Waals surface area (Å²) in [5.41, 5.74) is 7.03. The molecular weight excluding hydrogens is 572 g/mol. The van der Waals surface area contributed by atoms with E-state index in [0.29, 0.717) is 10.9 Å². The van der Waals surface area contributed by atoms with Gasteiger partial charge in [0.2, 0.25) is 0 Å². The number of nitro benzene ring substituents is 1. The highest BCUT2D eigenvalue weighted by Gasteiger charge is 2.43. The Kier molecular flexibility index (Phi) is 7.52. The van der Waals surface area contributed by atoms with Gasteiger partial charge in [0, 0.05) is 35.3 Å². The lowest BCUT2D eigenvalue weighted by Crippen LogP contribution is -2.28. The minimum Gasteiger partial charge on any atom is -0.347 e. The molecule has 41 heavy (non-hydrogen) atoms. The van der Waals surface area contributed by atoms with Crippen LogP contribution in [0, 0.1) is 17.0 Å². The van der Waals surface area contributed by atoms with Crippen molar-refractivity contribution in [3.63, 3.8) is 0 Å². The molecule has 0 spiro atoms. The average molecular weight is 608 g/mol. The van der Waals surface area contributed by atoms with E-state index in [9.17, 15) is 10.1 Å². The van der Waals surface area contributed by atoms with Crippen molar-refractivity contribution in [1.82, 2.24) is 0 Å². The van der Waals surface area contributed by atoms with Crippen LogP contribution in [-0.4, -0.2) is 12.0 Å². The van der Waals surface area contributed by atoms with E-state index in [4.69, 9.17) is 0 Å². The number of halogens is 1. The molecule has 1 atom stereocenters. The predicted octanol–water partition coefficient (Wildman–Crippen LogP) is 9.74. The number of fused-ring (bicyclic) bond motifs is 2. The molecule has 1 heterocycles. The van der Waals surface area contributed by atoms with Crippen molar-refractivity contribution >= 4 is 38.1 Å². The Labute approximate surface area is 251 Å². The van der Waals surface area contributed by atoms with Gasteiger partial charge in [-0.15, -0.1) is 0 Å². The topological polar surface area (TPSA) is 46.4 Å². The summed E-state index contributed by atoms with van der Waals surface area (Å²) >= 11 is 3.43. The van der Waals surface area contributed by atoms with Gasteiger partial charge in [-0.05, 0) is 86.9 Å². The molecule has 1 unspecified atom stereocenters. The number of nitrogens with zero attached hydrogens (tertiary/aromatic N) is 2. The second-order valence-electron chi connectivity index (χ2n) is 11.7. The highest BCUT2D eigenvalue weighted by molar-refractivity contribution is 9.10. The van der Waals surface area contributed by atoms with Gasteiger partial charge in [-0.3, -0.25) is 10.1 Å². The third-order valence-corrected chi connectivity index (χ3v) is 9.30. The molecule has 0 aromatic heterocycles. The highest BCUT2D eigenvalue weighted by Crippen LogP contribution is 2.51. The maximum absolute atomic E-state index is 11.8. The van der Waals surface area contributed by atoms with Crippen LogP contribution in [0.25, 0.3) is 10.8 Å². The van der Waals surface area contributed by atoms with Gasteiger partial charge in [0.15, 0.2) is 0 Å². The Morgan fingerprint density at radius 1 is 1.07 bits per heavy atom. The second-order valence-corrected chi connectivity index (χ2v) is 12.5. The minimum atomic E-state index is -0.468. The smallest absolute Gasteiger partial charge is 0.283 e. The molecule has 4 aromatic rings. The monoisotopic (exact) mass is 606 g/mol. The Morgan fingerprint density at radius 2 is 1.76 bits per heavy atom. The molecule has 0 fully saturated rings. The van der Waals surface area contributed by atoms with Crippen molar-refractivity contribution < 1.29 is 4.92 Å². The van der Waals surface area contributed by atoms with Gasteiger partial charge in [-0.1, -0.05) is 99.3 Å². The molecule has 0 radical (unpaired) electrons. The Morgan fingerprint density at radius 3 is 2.46 bits per heavy atom. The zero-order valence-electron chi connectivity index (χ0n) is 24.2. The van der Waals surface area contributed by atoms with Gasteiger partial charge in [0.25, 0.3) is 5.69 Å². The van der Waals surface area contributed by atoms with Crippen molar-refractivity contribution in [3.8, 4) is 0 Å². The van der Waals surface area contributed by atoms with Gasteiger partial charge < -0.3 is 4.90 Å². The fourth-order valence-corrected chi connectivity index (χ4v) is 6.84. The van der Waals surface area contributed by atoms with Crippen molar-refractivity contribution in [2.24, 2.45) is 0 Å². The van der Waals surface area contributed by atoms with Crippen LogP contribution in [-0.2, 0) is 17.3 Å². The zero-order valence-corrected chi connectivity index (χ0v) is 25.8. The summed E-state index contributed by atoms with van der Waals surface area (Å²) < 4.78 is 0.479. The van der Waals surface area contributed by atoms with Crippen LogP contribution in [0.5, 0.6) is 0 Å². The molecule has 1 aliphatic heterocycles. The van der Waals surface area contributed by atoms with Gasteiger partial charge in [0.1, 0.15) is 0 Å². The summed E-state index contributed by atoms with van der Waals surface area (Å²) in [6.07, 6.45) is 7.03. The normalized spacial score (nSPS) is 17.9. The van der Waals surface area contributed by atoms with Gasteiger partial charge >= 0.3 is 0 Å². The van der Waals surface area contributed by atoms with Crippen molar-refractivity contribution in [3.05, 3.63) is 152 Å². The molecule has 0 bridgehead atoms. The molecule has 0 saturated heterocycles. The zero-order chi connectivity index (χ0) is 29.5. The first-order valence-electron chi connectivity index (χ1n) is 13.8. The third-order valence-electron chi connectivity index (χ3n) is 8.66. The number of rotatable bonds is 7. The Hall–Kier alpha value is -3.96. The molecule has 208 valence electrons. The molecule has 4 nitrogen and oxygen atoms in total. The van der Waals surface area contributed by atoms with E-state index < -0.39 is 5.41 Å². The third kappa shape index (κ3) is 5.04. The summed E-state index contributed by atoms with van der Waals surface area (Å²) in [6.45, 7) is 13.3. The average Bonchev–Trinajstić information content (AvgIpc) is 3.13. The summed E-state index contributed by atoms with van der Waals surface area (Å²) in [5, 5.41) is 14.3. The van der Waals surface area contributed by atoms with E-state index in [1.807, 2.05) is 31.3 Å².